The van der Waals surface area contributed by atoms with Crippen molar-refractivity contribution in [2.45, 2.75) is 25.8 Å². The van der Waals surface area contributed by atoms with Gasteiger partial charge < -0.3 is 15.3 Å². The molecule has 82 valence electrons. The molecular weight excluding hydrogens is 176 g/mol. The van der Waals surface area contributed by atoms with E-state index in [1.54, 1.807) is 0 Å². The van der Waals surface area contributed by atoms with Crippen molar-refractivity contribution in [1.29, 1.82) is 0 Å². The highest BCUT2D eigenvalue weighted by Crippen LogP contribution is 2.29. The van der Waals surface area contributed by atoms with Crippen LogP contribution in [0.15, 0.2) is 0 Å². The topological polar surface area (TPSA) is 35.5 Å². The maximum Gasteiger partial charge on any atom is 0.0584 e. The van der Waals surface area contributed by atoms with Crippen molar-refractivity contribution in [2.24, 2.45) is 11.8 Å². The van der Waals surface area contributed by atoms with Crippen LogP contribution in [0.5, 0.6) is 0 Å². The van der Waals surface area contributed by atoms with Gasteiger partial charge in [0, 0.05) is 12.6 Å². The Balaban J connectivity index is 1.80. The lowest BCUT2D eigenvalue weighted by Crippen LogP contribution is -2.25. The average Bonchev–Trinajstić information content (AvgIpc) is 2.86. The maximum absolute atomic E-state index is 9.05. The van der Waals surface area contributed by atoms with Crippen molar-refractivity contribution in [2.75, 3.05) is 32.8 Å². The number of rotatable bonds is 3. The SMILES string of the molecule is CCN1CCC(C2CNC(CO)C2)C1. The Morgan fingerprint density at radius 1 is 1.43 bits per heavy atom. The third-order valence-corrected chi connectivity index (χ3v) is 3.90. The molecule has 0 saturated carbocycles. The molecule has 0 aliphatic carbocycles. The minimum atomic E-state index is 0.306. The van der Waals surface area contributed by atoms with Crippen LogP contribution in [-0.2, 0) is 0 Å². The fraction of sp³-hybridized carbons (Fsp3) is 1.00. The van der Waals surface area contributed by atoms with Crippen LogP contribution in [0.4, 0.5) is 0 Å². The van der Waals surface area contributed by atoms with Gasteiger partial charge in [-0.25, -0.2) is 0 Å². The first-order chi connectivity index (χ1) is 6.83. The third kappa shape index (κ3) is 2.10. The van der Waals surface area contributed by atoms with E-state index >= 15 is 0 Å². The maximum atomic E-state index is 9.05. The van der Waals surface area contributed by atoms with Gasteiger partial charge in [0.05, 0.1) is 6.61 Å². The van der Waals surface area contributed by atoms with Crippen molar-refractivity contribution in [3.63, 3.8) is 0 Å². The van der Waals surface area contributed by atoms with Gasteiger partial charge >= 0.3 is 0 Å². The summed E-state index contributed by atoms with van der Waals surface area (Å²) in [6, 6.07) is 0.371. The second-order valence-electron chi connectivity index (χ2n) is 4.73. The molecule has 0 spiro atoms. The predicted molar refractivity (Wildman–Crippen MR) is 57.2 cm³/mol. The van der Waals surface area contributed by atoms with Gasteiger partial charge in [-0.1, -0.05) is 6.92 Å². The van der Waals surface area contributed by atoms with Crippen LogP contribution in [0.25, 0.3) is 0 Å². The summed E-state index contributed by atoms with van der Waals surface area (Å²) in [4.78, 5) is 2.54. The summed E-state index contributed by atoms with van der Waals surface area (Å²) in [6.07, 6.45) is 2.54. The van der Waals surface area contributed by atoms with Gasteiger partial charge in [-0.2, -0.15) is 0 Å². The van der Waals surface area contributed by atoms with Crippen LogP contribution in [0, 0.1) is 11.8 Å². The summed E-state index contributed by atoms with van der Waals surface area (Å²) in [5.74, 6) is 1.68. The van der Waals surface area contributed by atoms with Gasteiger partial charge in [0.15, 0.2) is 0 Å². The zero-order valence-electron chi connectivity index (χ0n) is 9.08. The molecule has 2 N–H and O–H groups in total. The highest BCUT2D eigenvalue weighted by Gasteiger charge is 2.33. The molecule has 0 bridgehead atoms. The first kappa shape index (κ1) is 10.4. The molecule has 2 aliphatic rings. The van der Waals surface area contributed by atoms with Crippen LogP contribution in [0.3, 0.4) is 0 Å². The van der Waals surface area contributed by atoms with E-state index < -0.39 is 0 Å². The minimum absolute atomic E-state index is 0.306. The molecule has 3 unspecified atom stereocenters. The zero-order chi connectivity index (χ0) is 9.97. The number of hydrogen-bond donors (Lipinski definition) is 2. The van der Waals surface area contributed by atoms with Gasteiger partial charge in [0.1, 0.15) is 0 Å². The van der Waals surface area contributed by atoms with E-state index in [2.05, 4.69) is 17.1 Å². The monoisotopic (exact) mass is 198 g/mol. The minimum Gasteiger partial charge on any atom is -0.395 e. The summed E-state index contributed by atoms with van der Waals surface area (Å²) in [6.45, 7) is 7.42. The number of aliphatic hydroxyl groups is 1. The average molecular weight is 198 g/mol. The van der Waals surface area contributed by atoms with Crippen LogP contribution < -0.4 is 5.32 Å². The Morgan fingerprint density at radius 2 is 2.29 bits per heavy atom. The molecule has 0 radical (unpaired) electrons. The van der Waals surface area contributed by atoms with Crippen molar-refractivity contribution < 1.29 is 5.11 Å². The summed E-state index contributed by atoms with van der Waals surface area (Å²) >= 11 is 0. The fourth-order valence-electron chi connectivity index (χ4n) is 2.88. The Bertz CT molecular complexity index is 166. The van der Waals surface area contributed by atoms with E-state index in [4.69, 9.17) is 5.11 Å². The number of nitrogens with zero attached hydrogens (tertiary/aromatic N) is 1. The quantitative estimate of drug-likeness (QED) is 0.684. The Hall–Kier alpha value is -0.120. The molecule has 3 heteroatoms. The molecule has 2 heterocycles. The molecule has 0 amide bonds. The van der Waals surface area contributed by atoms with Crippen LogP contribution in [0.2, 0.25) is 0 Å². The largest absolute Gasteiger partial charge is 0.395 e. The number of likely N-dealkylation sites (tertiary alicyclic amines) is 1. The fourth-order valence-corrected chi connectivity index (χ4v) is 2.88. The van der Waals surface area contributed by atoms with Gasteiger partial charge in [-0.05, 0) is 44.3 Å². The lowest BCUT2D eigenvalue weighted by Gasteiger charge is -2.18. The predicted octanol–water partition coefficient (Wildman–Crippen LogP) is 0.299. The second-order valence-corrected chi connectivity index (χ2v) is 4.73. The molecule has 2 rings (SSSR count). The highest BCUT2D eigenvalue weighted by atomic mass is 16.3. The van der Waals surface area contributed by atoms with Gasteiger partial charge in [0.2, 0.25) is 0 Å². The molecule has 0 aromatic carbocycles. The van der Waals surface area contributed by atoms with Crippen LogP contribution in [0.1, 0.15) is 19.8 Å². The normalized spacial score (nSPS) is 39.4. The lowest BCUT2D eigenvalue weighted by atomic mass is 9.89. The van der Waals surface area contributed by atoms with Crippen molar-refractivity contribution in [3.05, 3.63) is 0 Å². The van der Waals surface area contributed by atoms with Gasteiger partial charge in [0.25, 0.3) is 0 Å². The Labute approximate surface area is 86.5 Å². The molecule has 0 aromatic rings. The summed E-state index contributed by atoms with van der Waals surface area (Å²) in [5.41, 5.74) is 0. The van der Waals surface area contributed by atoms with E-state index in [0.29, 0.717) is 12.6 Å². The Morgan fingerprint density at radius 3 is 2.86 bits per heavy atom. The number of nitrogens with one attached hydrogen (secondary N) is 1. The van der Waals surface area contributed by atoms with Crippen LogP contribution in [-0.4, -0.2) is 48.8 Å². The molecule has 3 nitrogen and oxygen atoms in total. The van der Waals surface area contributed by atoms with Gasteiger partial charge in [-0.15, -0.1) is 0 Å². The van der Waals surface area contributed by atoms with Crippen molar-refractivity contribution in [1.82, 2.24) is 10.2 Å². The standard InChI is InChI=1S/C11H22N2O/c1-2-13-4-3-9(7-13)10-5-11(8-14)12-6-10/h9-12,14H,2-8H2,1H3. The summed E-state index contributed by atoms with van der Waals surface area (Å²) in [5, 5.41) is 12.4. The molecular formula is C11H22N2O. The van der Waals surface area contributed by atoms with E-state index in [-0.39, 0.29) is 0 Å². The molecule has 2 fully saturated rings. The van der Waals surface area contributed by atoms with Crippen LogP contribution >= 0.6 is 0 Å². The third-order valence-electron chi connectivity index (χ3n) is 3.90. The smallest absolute Gasteiger partial charge is 0.0584 e. The lowest BCUT2D eigenvalue weighted by molar-refractivity contribution is 0.246. The first-order valence-corrected chi connectivity index (χ1v) is 5.90. The summed E-state index contributed by atoms with van der Waals surface area (Å²) < 4.78 is 0. The number of hydrogen-bond acceptors (Lipinski definition) is 3. The van der Waals surface area contributed by atoms with E-state index in [0.717, 1.165) is 18.4 Å². The number of aliphatic hydroxyl groups excluding tert-OH is 1. The molecule has 0 aromatic heterocycles. The van der Waals surface area contributed by atoms with E-state index in [1.165, 1.54) is 32.5 Å². The summed E-state index contributed by atoms with van der Waals surface area (Å²) in [7, 11) is 0. The highest BCUT2D eigenvalue weighted by molar-refractivity contribution is 4.89. The molecule has 2 aliphatic heterocycles. The molecule has 3 atom stereocenters. The Kier molecular flexibility index (Phi) is 3.42. The van der Waals surface area contributed by atoms with E-state index in [1.807, 2.05) is 0 Å². The van der Waals surface area contributed by atoms with Gasteiger partial charge in [-0.3, -0.25) is 0 Å². The van der Waals surface area contributed by atoms with E-state index in [9.17, 15) is 0 Å². The zero-order valence-corrected chi connectivity index (χ0v) is 9.08. The van der Waals surface area contributed by atoms with Crippen molar-refractivity contribution in [3.8, 4) is 0 Å². The first-order valence-electron chi connectivity index (χ1n) is 5.90. The van der Waals surface area contributed by atoms with Crippen molar-refractivity contribution >= 4 is 0 Å². The molecule has 14 heavy (non-hydrogen) atoms. The molecule has 2 saturated heterocycles. The second kappa shape index (κ2) is 4.60.